The molecule has 0 N–H and O–H groups in total. The quantitative estimate of drug-likeness (QED) is 0.217. The Balaban J connectivity index is 2.00. The average molecular weight is 695 g/mol. The summed E-state index contributed by atoms with van der Waals surface area (Å²) in [4.78, 5) is 0.378. The highest BCUT2D eigenvalue weighted by Crippen LogP contribution is 2.54. The summed E-state index contributed by atoms with van der Waals surface area (Å²) < 4.78 is -0.419. The predicted octanol–water partition coefficient (Wildman–Crippen LogP) is 9.08. The molecule has 0 aliphatic rings. The molecular weight excluding hydrogens is 676 g/mol. The Morgan fingerprint density at radius 2 is 1.00 bits per heavy atom. The van der Waals surface area contributed by atoms with E-state index < -0.39 is 3.23 Å². The first kappa shape index (κ1) is 22.7. The third kappa shape index (κ3) is 5.21. The van der Waals surface area contributed by atoms with Gasteiger partial charge in [-0.2, -0.15) is 0 Å². The first-order chi connectivity index (χ1) is 13.4. The molecule has 0 heterocycles. The monoisotopic (exact) mass is 690 g/mol. The molecule has 0 nitrogen and oxygen atoms in total. The highest BCUT2D eigenvalue weighted by Gasteiger charge is 2.43. The predicted molar refractivity (Wildman–Crippen MR) is 139 cm³/mol. The van der Waals surface area contributed by atoms with Crippen LogP contribution in [0.25, 0.3) is 0 Å². The van der Waals surface area contributed by atoms with E-state index in [0.717, 1.165) is 0 Å². The maximum absolute atomic E-state index is 4.04. The normalized spacial score (nSPS) is 16.2. The molecular formula is C23H19Br5. The highest BCUT2D eigenvalue weighted by atomic mass is 79.9. The molecule has 0 aliphatic heterocycles. The van der Waals surface area contributed by atoms with Crippen molar-refractivity contribution in [1.82, 2.24) is 0 Å². The lowest BCUT2D eigenvalue weighted by Gasteiger charge is -2.37. The van der Waals surface area contributed by atoms with Crippen LogP contribution in [0.5, 0.6) is 0 Å². The summed E-state index contributed by atoms with van der Waals surface area (Å²) in [6.45, 7) is 0. The SMILES string of the molecule is BrC(c1ccccc1)C(Br)C(c1ccccc1)C(Br)C(Br)(Br)c1ccccc1. The maximum Gasteiger partial charge on any atom is 0.118 e. The molecule has 5 heteroatoms. The summed E-state index contributed by atoms with van der Waals surface area (Å²) in [5.74, 6) is 0.171. The van der Waals surface area contributed by atoms with Crippen molar-refractivity contribution in [2.24, 2.45) is 0 Å². The topological polar surface area (TPSA) is 0 Å². The average Bonchev–Trinajstić information content (AvgIpc) is 2.75. The van der Waals surface area contributed by atoms with E-state index in [1.54, 1.807) is 0 Å². The number of halogens is 5. The molecule has 4 atom stereocenters. The van der Waals surface area contributed by atoms with Crippen molar-refractivity contribution in [3.63, 3.8) is 0 Å². The van der Waals surface area contributed by atoms with Gasteiger partial charge in [0.2, 0.25) is 0 Å². The minimum Gasteiger partial charge on any atom is -0.0868 e. The van der Waals surface area contributed by atoms with Gasteiger partial charge in [-0.15, -0.1) is 0 Å². The van der Waals surface area contributed by atoms with E-state index >= 15 is 0 Å². The second kappa shape index (κ2) is 10.4. The molecule has 0 aromatic heterocycles. The van der Waals surface area contributed by atoms with Crippen molar-refractivity contribution in [3.8, 4) is 0 Å². The number of hydrogen-bond donors (Lipinski definition) is 0. The number of rotatable bonds is 7. The van der Waals surface area contributed by atoms with Crippen LogP contribution in [0.2, 0.25) is 0 Å². The zero-order chi connectivity index (χ0) is 20.1. The van der Waals surface area contributed by atoms with E-state index in [4.69, 9.17) is 0 Å². The van der Waals surface area contributed by atoms with Gasteiger partial charge in [0, 0.05) is 10.7 Å². The standard InChI is InChI=1S/C23H19Br5/c24-20(17-12-6-2-7-13-17)21(25)19(16-10-4-1-5-11-16)22(26)23(27,28)18-14-8-3-9-15-18/h1-15,19-22H. The third-order valence-electron chi connectivity index (χ3n) is 4.75. The molecule has 0 spiro atoms. The molecule has 0 saturated heterocycles. The zero-order valence-electron chi connectivity index (χ0n) is 14.9. The molecule has 146 valence electrons. The molecule has 0 fully saturated rings. The fourth-order valence-electron chi connectivity index (χ4n) is 3.24. The summed E-state index contributed by atoms with van der Waals surface area (Å²) in [5.41, 5.74) is 3.69. The van der Waals surface area contributed by atoms with Crippen molar-refractivity contribution in [3.05, 3.63) is 108 Å². The van der Waals surface area contributed by atoms with Crippen LogP contribution < -0.4 is 0 Å². The van der Waals surface area contributed by atoms with Gasteiger partial charge in [-0.25, -0.2) is 0 Å². The lowest BCUT2D eigenvalue weighted by Crippen LogP contribution is -2.34. The van der Waals surface area contributed by atoms with E-state index in [9.17, 15) is 0 Å². The fourth-order valence-corrected chi connectivity index (χ4v) is 7.19. The summed E-state index contributed by atoms with van der Waals surface area (Å²) in [6.07, 6.45) is 0. The molecule has 28 heavy (non-hydrogen) atoms. The van der Waals surface area contributed by atoms with Gasteiger partial charge in [0.1, 0.15) is 3.23 Å². The second-order valence-electron chi connectivity index (χ2n) is 6.58. The van der Waals surface area contributed by atoms with Crippen molar-refractivity contribution < 1.29 is 0 Å². The van der Waals surface area contributed by atoms with E-state index in [-0.39, 0.29) is 20.4 Å². The van der Waals surface area contributed by atoms with Crippen LogP contribution in [0.4, 0.5) is 0 Å². The molecule has 3 aromatic rings. The first-order valence-corrected chi connectivity index (χ1v) is 13.2. The van der Waals surface area contributed by atoms with Crippen LogP contribution >= 0.6 is 79.6 Å². The van der Waals surface area contributed by atoms with Crippen LogP contribution in [-0.2, 0) is 3.23 Å². The van der Waals surface area contributed by atoms with Gasteiger partial charge in [-0.1, -0.05) is 171 Å². The highest BCUT2D eigenvalue weighted by molar-refractivity contribution is 9.25. The van der Waals surface area contributed by atoms with Crippen LogP contribution in [0.1, 0.15) is 27.4 Å². The largest absolute Gasteiger partial charge is 0.118 e. The molecule has 0 radical (unpaired) electrons. The number of alkyl halides is 5. The van der Waals surface area contributed by atoms with Gasteiger partial charge in [0.25, 0.3) is 0 Å². The Hall–Kier alpha value is 0.0600. The molecule has 0 saturated carbocycles. The molecule has 3 rings (SSSR count). The van der Waals surface area contributed by atoms with Crippen LogP contribution in [0.15, 0.2) is 91.0 Å². The molecule has 3 aromatic carbocycles. The molecule has 0 amide bonds. The van der Waals surface area contributed by atoms with Gasteiger partial charge >= 0.3 is 0 Å². The number of benzene rings is 3. The minimum absolute atomic E-state index is 0.0675. The summed E-state index contributed by atoms with van der Waals surface area (Å²) in [7, 11) is 0. The molecule has 4 unspecified atom stereocenters. The van der Waals surface area contributed by atoms with E-state index in [0.29, 0.717) is 0 Å². The minimum atomic E-state index is -0.419. The van der Waals surface area contributed by atoms with Gasteiger partial charge in [-0.05, 0) is 16.7 Å². The van der Waals surface area contributed by atoms with Crippen molar-refractivity contribution in [2.45, 2.75) is 23.6 Å². The van der Waals surface area contributed by atoms with Crippen molar-refractivity contribution in [2.75, 3.05) is 0 Å². The van der Waals surface area contributed by atoms with Gasteiger partial charge < -0.3 is 0 Å². The van der Waals surface area contributed by atoms with Crippen molar-refractivity contribution >= 4 is 79.6 Å². The maximum atomic E-state index is 4.04. The smallest absolute Gasteiger partial charge is 0.0868 e. The zero-order valence-corrected chi connectivity index (χ0v) is 22.8. The number of hydrogen-bond acceptors (Lipinski definition) is 0. The summed E-state index contributed by atoms with van der Waals surface area (Å²) in [5, 5.41) is 0. The van der Waals surface area contributed by atoms with Crippen molar-refractivity contribution in [1.29, 1.82) is 0 Å². The van der Waals surface area contributed by atoms with Crippen LogP contribution in [0, 0.1) is 0 Å². The van der Waals surface area contributed by atoms with E-state index in [2.05, 4.69) is 159 Å². The lowest BCUT2D eigenvalue weighted by atomic mass is 9.87. The summed E-state index contributed by atoms with van der Waals surface area (Å²) in [6, 6.07) is 31.6. The van der Waals surface area contributed by atoms with Crippen LogP contribution in [-0.4, -0.2) is 9.65 Å². The molecule has 0 aliphatic carbocycles. The van der Waals surface area contributed by atoms with E-state index in [1.807, 2.05) is 12.1 Å². The fraction of sp³-hybridized carbons (Fsp3) is 0.217. The van der Waals surface area contributed by atoms with Crippen LogP contribution in [0.3, 0.4) is 0 Å². The Morgan fingerprint density at radius 3 is 1.50 bits per heavy atom. The molecule has 0 bridgehead atoms. The third-order valence-corrected chi connectivity index (χ3v) is 12.0. The lowest BCUT2D eigenvalue weighted by molar-refractivity contribution is 0.601. The van der Waals surface area contributed by atoms with Gasteiger partial charge in [-0.3, -0.25) is 0 Å². The summed E-state index contributed by atoms with van der Waals surface area (Å²) >= 11 is 19.9. The second-order valence-corrected chi connectivity index (χ2v) is 13.2. The Labute approximate surface area is 209 Å². The Morgan fingerprint density at radius 1 is 0.571 bits per heavy atom. The first-order valence-electron chi connectivity index (χ1n) is 8.88. The Kier molecular flexibility index (Phi) is 8.44. The van der Waals surface area contributed by atoms with Gasteiger partial charge in [0.05, 0.1) is 9.65 Å². The van der Waals surface area contributed by atoms with E-state index in [1.165, 1.54) is 16.7 Å². The Bertz CT molecular complexity index is 852. The van der Waals surface area contributed by atoms with Gasteiger partial charge in [0.15, 0.2) is 0 Å².